The molecule has 0 aliphatic heterocycles. The molecule has 4 nitrogen and oxygen atoms in total. The molecule has 0 atom stereocenters. The molecule has 1 aliphatic carbocycles. The maximum atomic E-state index is 4.13. The minimum absolute atomic E-state index is 0.849. The van der Waals surface area contributed by atoms with Gasteiger partial charge in [-0.05, 0) is 43.0 Å². The second-order valence-electron chi connectivity index (χ2n) is 5.73. The summed E-state index contributed by atoms with van der Waals surface area (Å²) >= 11 is 0. The highest BCUT2D eigenvalue weighted by Gasteiger charge is 2.12. The van der Waals surface area contributed by atoms with Gasteiger partial charge in [-0.25, -0.2) is 0 Å². The Bertz CT molecular complexity index is 538. The summed E-state index contributed by atoms with van der Waals surface area (Å²) in [6, 6.07) is 8.47. The maximum Gasteiger partial charge on any atom is 0.163 e. The largest absolute Gasteiger partial charge is 0.385 e. The Labute approximate surface area is 120 Å². The van der Waals surface area contributed by atoms with Crippen LogP contribution in [0.4, 0.5) is 5.69 Å². The Kier molecular flexibility index (Phi) is 4.00. The number of hydrogen-bond donors (Lipinski definition) is 1. The third kappa shape index (κ3) is 3.00. The summed E-state index contributed by atoms with van der Waals surface area (Å²) in [5.41, 5.74) is 2.30. The molecule has 1 fully saturated rings. The van der Waals surface area contributed by atoms with Crippen molar-refractivity contribution in [1.29, 1.82) is 0 Å². The van der Waals surface area contributed by atoms with Gasteiger partial charge in [0.15, 0.2) is 5.82 Å². The molecule has 0 radical (unpaired) electrons. The van der Waals surface area contributed by atoms with Crippen LogP contribution in [0.25, 0.3) is 11.4 Å². The average molecular weight is 270 g/mol. The van der Waals surface area contributed by atoms with Crippen LogP contribution in [0.5, 0.6) is 0 Å². The summed E-state index contributed by atoms with van der Waals surface area (Å²) < 4.78 is 1.93. The third-order valence-corrected chi connectivity index (χ3v) is 4.17. The van der Waals surface area contributed by atoms with Crippen molar-refractivity contribution in [2.24, 2.45) is 13.0 Å². The van der Waals surface area contributed by atoms with Gasteiger partial charge in [0.2, 0.25) is 0 Å². The second kappa shape index (κ2) is 6.07. The fourth-order valence-electron chi connectivity index (χ4n) is 2.94. The van der Waals surface area contributed by atoms with Crippen LogP contribution in [0.2, 0.25) is 0 Å². The van der Waals surface area contributed by atoms with Crippen molar-refractivity contribution in [3.8, 4) is 11.4 Å². The van der Waals surface area contributed by atoms with Crippen molar-refractivity contribution < 1.29 is 0 Å². The molecule has 1 aromatic carbocycles. The molecule has 4 heteroatoms. The second-order valence-corrected chi connectivity index (χ2v) is 5.73. The molecule has 1 heterocycles. The molecule has 1 aliphatic rings. The highest BCUT2D eigenvalue weighted by atomic mass is 15.2. The summed E-state index contributed by atoms with van der Waals surface area (Å²) in [7, 11) is 1.96. The van der Waals surface area contributed by atoms with E-state index in [1.807, 2.05) is 11.6 Å². The molecule has 1 N–H and O–H groups in total. The van der Waals surface area contributed by atoms with E-state index < -0.39 is 0 Å². The van der Waals surface area contributed by atoms with Crippen molar-refractivity contribution in [3.05, 3.63) is 30.6 Å². The predicted molar refractivity (Wildman–Crippen MR) is 81.5 cm³/mol. The first-order valence-corrected chi connectivity index (χ1v) is 7.51. The molecule has 0 unspecified atom stereocenters. The molecular weight excluding hydrogens is 248 g/mol. The first-order valence-electron chi connectivity index (χ1n) is 7.51. The van der Waals surface area contributed by atoms with Gasteiger partial charge < -0.3 is 9.88 Å². The molecule has 1 saturated carbocycles. The Hall–Kier alpha value is -1.84. The van der Waals surface area contributed by atoms with Crippen molar-refractivity contribution >= 4 is 5.69 Å². The monoisotopic (exact) mass is 270 g/mol. The zero-order valence-corrected chi connectivity index (χ0v) is 12.0. The normalized spacial score (nSPS) is 16.2. The van der Waals surface area contributed by atoms with E-state index in [-0.39, 0.29) is 0 Å². The average Bonchev–Trinajstić information content (AvgIpc) is 2.93. The van der Waals surface area contributed by atoms with E-state index in [0.29, 0.717) is 0 Å². The lowest BCUT2D eigenvalue weighted by molar-refractivity contribution is 0.373. The SMILES string of the molecule is Cn1cnnc1-c1ccc(NCC2CCCCC2)cc1. The standard InChI is InChI=1S/C16H22N4/c1-20-12-18-19-16(20)14-7-9-15(10-8-14)17-11-13-5-3-2-4-6-13/h7-10,12-13,17H,2-6,11H2,1H3. The summed E-state index contributed by atoms with van der Waals surface area (Å²) in [4.78, 5) is 0. The number of nitrogens with one attached hydrogen (secondary N) is 1. The summed E-state index contributed by atoms with van der Waals surface area (Å²) in [6.07, 6.45) is 8.70. The number of nitrogens with zero attached hydrogens (tertiary/aromatic N) is 3. The Morgan fingerprint density at radius 1 is 1.15 bits per heavy atom. The molecule has 0 amide bonds. The smallest absolute Gasteiger partial charge is 0.163 e. The van der Waals surface area contributed by atoms with Crippen LogP contribution in [0.3, 0.4) is 0 Å². The van der Waals surface area contributed by atoms with E-state index in [4.69, 9.17) is 0 Å². The molecule has 106 valence electrons. The lowest BCUT2D eigenvalue weighted by atomic mass is 9.89. The Balaban J connectivity index is 1.60. The molecule has 3 rings (SSSR count). The van der Waals surface area contributed by atoms with Gasteiger partial charge in [0.25, 0.3) is 0 Å². The van der Waals surface area contributed by atoms with E-state index in [1.165, 1.54) is 37.8 Å². The minimum atomic E-state index is 0.849. The van der Waals surface area contributed by atoms with Crippen LogP contribution in [0, 0.1) is 5.92 Å². The van der Waals surface area contributed by atoms with Gasteiger partial charge in [0.05, 0.1) is 0 Å². The van der Waals surface area contributed by atoms with Gasteiger partial charge in [-0.3, -0.25) is 0 Å². The van der Waals surface area contributed by atoms with E-state index >= 15 is 0 Å². The van der Waals surface area contributed by atoms with Crippen LogP contribution >= 0.6 is 0 Å². The zero-order chi connectivity index (χ0) is 13.8. The number of rotatable bonds is 4. The molecule has 1 aromatic heterocycles. The summed E-state index contributed by atoms with van der Waals surface area (Å²) in [5, 5.41) is 11.6. The third-order valence-electron chi connectivity index (χ3n) is 4.17. The van der Waals surface area contributed by atoms with Crippen molar-refractivity contribution in [3.63, 3.8) is 0 Å². The Morgan fingerprint density at radius 3 is 2.55 bits per heavy atom. The van der Waals surface area contributed by atoms with Crippen LogP contribution in [0.15, 0.2) is 30.6 Å². The number of aromatic nitrogens is 3. The lowest BCUT2D eigenvalue weighted by Crippen LogP contribution is -2.16. The highest BCUT2D eigenvalue weighted by molar-refractivity contribution is 5.59. The maximum absolute atomic E-state index is 4.13. The predicted octanol–water partition coefficient (Wildman–Crippen LogP) is 3.47. The fourth-order valence-corrected chi connectivity index (χ4v) is 2.94. The number of aryl methyl sites for hydroxylation is 1. The Morgan fingerprint density at radius 2 is 1.90 bits per heavy atom. The summed E-state index contributed by atoms with van der Waals surface area (Å²) in [6.45, 7) is 1.10. The van der Waals surface area contributed by atoms with Gasteiger partial charge in [-0.2, -0.15) is 0 Å². The van der Waals surface area contributed by atoms with Crippen LogP contribution in [-0.4, -0.2) is 21.3 Å². The highest BCUT2D eigenvalue weighted by Crippen LogP contribution is 2.24. The quantitative estimate of drug-likeness (QED) is 0.925. The van der Waals surface area contributed by atoms with E-state index in [1.54, 1.807) is 6.33 Å². The van der Waals surface area contributed by atoms with Gasteiger partial charge in [0.1, 0.15) is 6.33 Å². The number of anilines is 1. The summed E-state index contributed by atoms with van der Waals surface area (Å²) in [5.74, 6) is 1.76. The van der Waals surface area contributed by atoms with E-state index in [2.05, 4.69) is 39.8 Å². The van der Waals surface area contributed by atoms with Crippen molar-refractivity contribution in [1.82, 2.24) is 14.8 Å². The van der Waals surface area contributed by atoms with Crippen molar-refractivity contribution in [2.75, 3.05) is 11.9 Å². The van der Waals surface area contributed by atoms with Gasteiger partial charge in [-0.15, -0.1) is 10.2 Å². The first-order chi connectivity index (χ1) is 9.83. The zero-order valence-electron chi connectivity index (χ0n) is 12.0. The van der Waals surface area contributed by atoms with Crippen molar-refractivity contribution in [2.45, 2.75) is 32.1 Å². The molecule has 2 aromatic rings. The van der Waals surface area contributed by atoms with Gasteiger partial charge >= 0.3 is 0 Å². The van der Waals surface area contributed by atoms with Gasteiger partial charge in [-0.1, -0.05) is 19.3 Å². The molecule has 0 spiro atoms. The van der Waals surface area contributed by atoms with Crippen LogP contribution in [-0.2, 0) is 7.05 Å². The molecule has 0 saturated heterocycles. The number of benzene rings is 1. The van der Waals surface area contributed by atoms with Crippen LogP contribution < -0.4 is 5.32 Å². The molecular formula is C16H22N4. The lowest BCUT2D eigenvalue weighted by Gasteiger charge is -2.22. The number of hydrogen-bond acceptors (Lipinski definition) is 3. The molecule has 20 heavy (non-hydrogen) atoms. The minimum Gasteiger partial charge on any atom is -0.385 e. The fraction of sp³-hybridized carbons (Fsp3) is 0.500. The van der Waals surface area contributed by atoms with E-state index in [9.17, 15) is 0 Å². The van der Waals surface area contributed by atoms with Crippen LogP contribution in [0.1, 0.15) is 32.1 Å². The van der Waals surface area contributed by atoms with E-state index in [0.717, 1.165) is 23.9 Å². The topological polar surface area (TPSA) is 42.7 Å². The van der Waals surface area contributed by atoms with Gasteiger partial charge in [0, 0.05) is 24.8 Å². The first kappa shape index (κ1) is 13.2. The molecule has 0 bridgehead atoms.